The first-order valence-corrected chi connectivity index (χ1v) is 6.36. The molecule has 1 unspecified atom stereocenters. The molecule has 0 heterocycles. The molecule has 112 valence electrons. The number of nitrogens with two attached hydrogens (primary N) is 1. The SMILES string of the molecule is COC(=O)[C@H](CN)NC(=O)c1ccc(C#CC(C)O)cc1. The van der Waals surface area contributed by atoms with Gasteiger partial charge in [0.25, 0.3) is 5.91 Å². The predicted octanol–water partition coefficient (Wildman–Crippen LogP) is -0.351. The largest absolute Gasteiger partial charge is 0.467 e. The summed E-state index contributed by atoms with van der Waals surface area (Å²) >= 11 is 0. The number of carbonyl (C=O) groups is 2. The lowest BCUT2D eigenvalue weighted by Crippen LogP contribution is -2.46. The Labute approximate surface area is 123 Å². The lowest BCUT2D eigenvalue weighted by Gasteiger charge is -2.14. The number of carbonyl (C=O) groups excluding carboxylic acids is 2. The molecule has 0 saturated heterocycles. The fourth-order valence-electron chi connectivity index (χ4n) is 1.49. The highest BCUT2D eigenvalue weighted by atomic mass is 16.5. The van der Waals surface area contributed by atoms with E-state index in [0.29, 0.717) is 11.1 Å². The summed E-state index contributed by atoms with van der Waals surface area (Å²) in [4.78, 5) is 23.3. The second kappa shape index (κ2) is 8.04. The van der Waals surface area contributed by atoms with Crippen molar-refractivity contribution in [1.29, 1.82) is 0 Å². The molecule has 0 aliphatic heterocycles. The summed E-state index contributed by atoms with van der Waals surface area (Å²) < 4.78 is 4.54. The van der Waals surface area contributed by atoms with Crippen molar-refractivity contribution in [3.8, 4) is 11.8 Å². The first kappa shape index (κ1) is 16.7. The van der Waals surface area contributed by atoms with E-state index < -0.39 is 24.0 Å². The number of amides is 1. The van der Waals surface area contributed by atoms with E-state index >= 15 is 0 Å². The van der Waals surface area contributed by atoms with Crippen molar-refractivity contribution in [3.05, 3.63) is 35.4 Å². The zero-order valence-corrected chi connectivity index (χ0v) is 11.9. The fourth-order valence-corrected chi connectivity index (χ4v) is 1.49. The van der Waals surface area contributed by atoms with Crippen LogP contribution >= 0.6 is 0 Å². The Kier molecular flexibility index (Phi) is 6.40. The molecule has 1 aromatic rings. The van der Waals surface area contributed by atoms with Crippen LogP contribution in [0.2, 0.25) is 0 Å². The molecule has 1 rings (SSSR count). The summed E-state index contributed by atoms with van der Waals surface area (Å²) in [7, 11) is 1.23. The smallest absolute Gasteiger partial charge is 0.329 e. The molecule has 6 nitrogen and oxygen atoms in total. The molecule has 4 N–H and O–H groups in total. The average molecular weight is 290 g/mol. The summed E-state index contributed by atoms with van der Waals surface area (Å²) in [6, 6.07) is 5.58. The zero-order valence-electron chi connectivity index (χ0n) is 11.9. The number of hydrogen-bond acceptors (Lipinski definition) is 5. The Morgan fingerprint density at radius 1 is 1.38 bits per heavy atom. The van der Waals surface area contributed by atoms with Gasteiger partial charge in [0.05, 0.1) is 7.11 Å². The number of rotatable bonds is 4. The van der Waals surface area contributed by atoms with Crippen LogP contribution in [0.3, 0.4) is 0 Å². The molecule has 6 heteroatoms. The van der Waals surface area contributed by atoms with Crippen LogP contribution in [0.15, 0.2) is 24.3 Å². The van der Waals surface area contributed by atoms with Crippen molar-refractivity contribution < 1.29 is 19.4 Å². The van der Waals surface area contributed by atoms with Gasteiger partial charge in [-0.2, -0.15) is 0 Å². The van der Waals surface area contributed by atoms with Crippen molar-refractivity contribution in [2.24, 2.45) is 5.73 Å². The maximum absolute atomic E-state index is 12.0. The Hall–Kier alpha value is -2.36. The molecule has 0 aliphatic rings. The van der Waals surface area contributed by atoms with E-state index in [1.807, 2.05) is 0 Å². The van der Waals surface area contributed by atoms with Crippen LogP contribution in [0.5, 0.6) is 0 Å². The molecule has 1 amide bonds. The molecule has 0 saturated carbocycles. The molecular weight excluding hydrogens is 272 g/mol. The van der Waals surface area contributed by atoms with Gasteiger partial charge in [0.1, 0.15) is 12.1 Å². The number of aliphatic hydroxyl groups is 1. The van der Waals surface area contributed by atoms with E-state index in [0.717, 1.165) is 0 Å². The van der Waals surface area contributed by atoms with Crippen LogP contribution in [0.25, 0.3) is 0 Å². The van der Waals surface area contributed by atoms with Crippen molar-refractivity contribution in [2.75, 3.05) is 13.7 Å². The predicted molar refractivity (Wildman–Crippen MR) is 77.3 cm³/mol. The highest BCUT2D eigenvalue weighted by Gasteiger charge is 2.20. The Bertz CT molecular complexity index is 555. The summed E-state index contributed by atoms with van der Waals surface area (Å²) in [6.45, 7) is 1.52. The molecule has 2 atom stereocenters. The van der Waals surface area contributed by atoms with Gasteiger partial charge in [-0.3, -0.25) is 4.79 Å². The van der Waals surface area contributed by atoms with E-state index in [-0.39, 0.29) is 6.54 Å². The first-order chi connectivity index (χ1) is 9.97. The van der Waals surface area contributed by atoms with Crippen molar-refractivity contribution in [3.63, 3.8) is 0 Å². The van der Waals surface area contributed by atoms with Gasteiger partial charge in [-0.05, 0) is 31.2 Å². The van der Waals surface area contributed by atoms with Gasteiger partial charge in [-0.15, -0.1) is 0 Å². The molecule has 0 bridgehead atoms. The van der Waals surface area contributed by atoms with Crippen LogP contribution in [0, 0.1) is 11.8 Å². The average Bonchev–Trinajstić information content (AvgIpc) is 2.50. The molecule has 21 heavy (non-hydrogen) atoms. The second-order valence-electron chi connectivity index (χ2n) is 4.31. The van der Waals surface area contributed by atoms with Gasteiger partial charge >= 0.3 is 5.97 Å². The standard InChI is InChI=1S/C15H18N2O4/c1-10(18)3-4-11-5-7-12(8-6-11)14(19)17-13(9-16)15(20)21-2/h5-8,10,13,18H,9,16H2,1-2H3,(H,17,19)/t10?,13-/m0/s1. The summed E-state index contributed by atoms with van der Waals surface area (Å²) in [5.41, 5.74) is 6.46. The van der Waals surface area contributed by atoms with Crippen molar-refractivity contribution >= 4 is 11.9 Å². The normalized spacial score (nSPS) is 12.6. The van der Waals surface area contributed by atoms with Crippen LogP contribution in [0.4, 0.5) is 0 Å². The number of ether oxygens (including phenoxy) is 1. The van der Waals surface area contributed by atoms with Gasteiger partial charge in [-0.1, -0.05) is 11.8 Å². The maximum Gasteiger partial charge on any atom is 0.329 e. The lowest BCUT2D eigenvalue weighted by atomic mass is 10.1. The van der Waals surface area contributed by atoms with E-state index in [9.17, 15) is 9.59 Å². The van der Waals surface area contributed by atoms with Crippen LogP contribution < -0.4 is 11.1 Å². The molecule has 0 aromatic heterocycles. The molecule has 1 aromatic carbocycles. The Balaban J connectivity index is 2.76. The van der Waals surface area contributed by atoms with E-state index in [1.165, 1.54) is 7.11 Å². The second-order valence-corrected chi connectivity index (χ2v) is 4.31. The van der Waals surface area contributed by atoms with Crippen molar-refractivity contribution in [2.45, 2.75) is 19.1 Å². The lowest BCUT2D eigenvalue weighted by molar-refractivity contribution is -0.142. The van der Waals surface area contributed by atoms with E-state index in [4.69, 9.17) is 10.8 Å². The molecule has 0 radical (unpaired) electrons. The van der Waals surface area contributed by atoms with Crippen LogP contribution in [-0.2, 0) is 9.53 Å². The minimum Gasteiger partial charge on any atom is -0.467 e. The first-order valence-electron chi connectivity index (χ1n) is 6.36. The number of esters is 1. The van der Waals surface area contributed by atoms with Gasteiger partial charge in [0, 0.05) is 17.7 Å². The summed E-state index contributed by atoms with van der Waals surface area (Å²) in [6.07, 6.45) is -0.710. The minimum atomic E-state index is -0.878. The van der Waals surface area contributed by atoms with Gasteiger partial charge < -0.3 is 20.9 Å². The van der Waals surface area contributed by atoms with Gasteiger partial charge in [-0.25, -0.2) is 4.79 Å². The Morgan fingerprint density at radius 3 is 2.48 bits per heavy atom. The monoisotopic (exact) mass is 290 g/mol. The van der Waals surface area contributed by atoms with Crippen molar-refractivity contribution in [1.82, 2.24) is 5.32 Å². The maximum atomic E-state index is 12.0. The number of hydrogen-bond donors (Lipinski definition) is 3. The van der Waals surface area contributed by atoms with Crippen LogP contribution in [-0.4, -0.2) is 42.8 Å². The van der Waals surface area contributed by atoms with E-state index in [1.54, 1.807) is 31.2 Å². The zero-order chi connectivity index (χ0) is 15.8. The highest BCUT2D eigenvalue weighted by molar-refractivity contribution is 5.96. The molecule has 0 aliphatic carbocycles. The summed E-state index contributed by atoms with van der Waals surface area (Å²) in [5, 5.41) is 11.6. The quantitative estimate of drug-likeness (QED) is 0.519. The Morgan fingerprint density at radius 2 is 2.00 bits per heavy atom. The molecular formula is C15H18N2O4. The number of methoxy groups -OCH3 is 1. The number of benzene rings is 1. The third kappa shape index (κ3) is 5.26. The fraction of sp³-hybridized carbons (Fsp3) is 0.333. The molecule has 0 fully saturated rings. The van der Waals surface area contributed by atoms with Crippen LogP contribution in [0.1, 0.15) is 22.8 Å². The highest BCUT2D eigenvalue weighted by Crippen LogP contribution is 2.04. The third-order valence-electron chi connectivity index (χ3n) is 2.60. The van der Waals surface area contributed by atoms with E-state index in [2.05, 4.69) is 21.9 Å². The molecule has 0 spiro atoms. The summed E-state index contributed by atoms with van der Waals surface area (Å²) in [5.74, 6) is 4.35. The number of nitrogens with one attached hydrogen (secondary N) is 1. The topological polar surface area (TPSA) is 102 Å². The van der Waals surface area contributed by atoms with Gasteiger partial charge in [0.2, 0.25) is 0 Å². The number of aliphatic hydroxyl groups excluding tert-OH is 1. The van der Waals surface area contributed by atoms with Gasteiger partial charge in [0.15, 0.2) is 0 Å². The third-order valence-corrected chi connectivity index (χ3v) is 2.60. The minimum absolute atomic E-state index is 0.0453.